The molecular weight excluding hydrogens is 448 g/mol. The van der Waals surface area contributed by atoms with Gasteiger partial charge in [0.2, 0.25) is 5.91 Å². The third-order valence-electron chi connectivity index (χ3n) is 4.78. The third kappa shape index (κ3) is 8.39. The Morgan fingerprint density at radius 3 is 2.03 bits per heavy atom. The number of nitrogens with one attached hydrogen (secondary N) is 3. The number of carbonyl (C=O) groups excluding carboxylic acids is 3. The molecular formula is C21H32N6O5S. The topological polar surface area (TPSA) is 135 Å². The first kappa shape index (κ1) is 26.1. The lowest BCUT2D eigenvalue weighted by molar-refractivity contribution is -0.115. The third-order valence-corrected chi connectivity index (χ3v) is 5.73. The molecule has 0 aliphatic rings. The van der Waals surface area contributed by atoms with E-state index in [-0.39, 0.29) is 23.8 Å². The highest BCUT2D eigenvalue weighted by atomic mass is 32.2. The van der Waals surface area contributed by atoms with Crippen LogP contribution in [-0.4, -0.2) is 79.4 Å². The van der Waals surface area contributed by atoms with Crippen molar-refractivity contribution in [3.63, 3.8) is 0 Å². The van der Waals surface area contributed by atoms with Crippen LogP contribution in [0.4, 0.5) is 11.4 Å². The molecule has 0 fully saturated rings. The summed E-state index contributed by atoms with van der Waals surface area (Å²) >= 11 is 0. The van der Waals surface area contributed by atoms with E-state index in [2.05, 4.69) is 16.0 Å². The average molecular weight is 481 g/mol. The Morgan fingerprint density at radius 1 is 0.939 bits per heavy atom. The molecule has 2 heterocycles. The summed E-state index contributed by atoms with van der Waals surface area (Å²) in [5, 5.41) is 8.20. The lowest BCUT2D eigenvalue weighted by atomic mass is 10.3. The van der Waals surface area contributed by atoms with Crippen molar-refractivity contribution in [3.05, 3.63) is 35.9 Å². The molecule has 0 aliphatic carbocycles. The number of sulfone groups is 1. The number of hydrogen-bond acceptors (Lipinski definition) is 6. The molecule has 2 rings (SSSR count). The maximum atomic E-state index is 12.7. The zero-order valence-electron chi connectivity index (χ0n) is 19.6. The molecule has 182 valence electrons. The van der Waals surface area contributed by atoms with E-state index in [0.29, 0.717) is 23.6 Å². The molecule has 11 nitrogen and oxygen atoms in total. The molecule has 0 radical (unpaired) electrons. The number of aromatic nitrogens is 2. The van der Waals surface area contributed by atoms with Crippen LogP contribution in [-0.2, 0) is 28.7 Å². The molecule has 0 atom stereocenters. The summed E-state index contributed by atoms with van der Waals surface area (Å²) in [7, 11) is 4.07. The number of carbonyl (C=O) groups is 3. The molecule has 0 bridgehead atoms. The minimum atomic E-state index is -3.24. The molecule has 0 spiro atoms. The van der Waals surface area contributed by atoms with Crippen molar-refractivity contribution in [2.75, 3.05) is 49.8 Å². The van der Waals surface area contributed by atoms with Crippen molar-refractivity contribution in [2.45, 2.75) is 12.8 Å². The van der Waals surface area contributed by atoms with Crippen LogP contribution in [0.1, 0.15) is 33.8 Å². The first-order valence-electron chi connectivity index (χ1n) is 10.4. The molecule has 0 aliphatic heterocycles. The van der Waals surface area contributed by atoms with Gasteiger partial charge in [-0.25, -0.2) is 8.42 Å². The van der Waals surface area contributed by atoms with Gasteiger partial charge in [0.15, 0.2) is 0 Å². The minimum absolute atomic E-state index is 0.167. The molecule has 0 aromatic carbocycles. The summed E-state index contributed by atoms with van der Waals surface area (Å²) in [6.07, 6.45) is 4.93. The van der Waals surface area contributed by atoms with E-state index in [1.807, 2.05) is 19.0 Å². The summed E-state index contributed by atoms with van der Waals surface area (Å²) in [5.41, 5.74) is 1.54. The number of rotatable bonds is 11. The standard InChI is InChI=1S/C21H32N6O5S/c1-25(2)9-6-8-22-20(29)17-12-16(14-26(17)3)24-21(30)18-11-15(13-27(18)4)23-19(28)7-10-33(5,31)32/h11-14H,6-10H2,1-5H3,(H,22,29)(H,23,28)(H,24,30). The number of amides is 3. The fourth-order valence-electron chi connectivity index (χ4n) is 3.10. The molecule has 12 heteroatoms. The fourth-order valence-corrected chi connectivity index (χ4v) is 3.66. The Bertz CT molecular complexity index is 1120. The van der Waals surface area contributed by atoms with Crippen LogP contribution in [0, 0.1) is 0 Å². The van der Waals surface area contributed by atoms with E-state index < -0.39 is 21.7 Å². The summed E-state index contributed by atoms with van der Waals surface area (Å²) in [4.78, 5) is 39.1. The van der Waals surface area contributed by atoms with Gasteiger partial charge in [-0.1, -0.05) is 0 Å². The maximum absolute atomic E-state index is 12.7. The number of hydrogen-bond donors (Lipinski definition) is 3. The summed E-state index contributed by atoms with van der Waals surface area (Å²) < 4.78 is 25.6. The van der Waals surface area contributed by atoms with Gasteiger partial charge >= 0.3 is 0 Å². The highest BCUT2D eigenvalue weighted by molar-refractivity contribution is 7.90. The van der Waals surface area contributed by atoms with Gasteiger partial charge in [-0.15, -0.1) is 0 Å². The van der Waals surface area contributed by atoms with Crippen LogP contribution in [0.3, 0.4) is 0 Å². The van der Waals surface area contributed by atoms with Gasteiger partial charge in [-0.05, 0) is 39.2 Å². The van der Waals surface area contributed by atoms with Gasteiger partial charge in [-0.3, -0.25) is 14.4 Å². The van der Waals surface area contributed by atoms with Crippen molar-refractivity contribution in [2.24, 2.45) is 14.1 Å². The maximum Gasteiger partial charge on any atom is 0.272 e. The zero-order valence-corrected chi connectivity index (χ0v) is 20.5. The van der Waals surface area contributed by atoms with Gasteiger partial charge < -0.3 is 30.0 Å². The molecule has 0 saturated carbocycles. The summed E-state index contributed by atoms with van der Waals surface area (Å²) in [5.74, 6) is -1.35. The van der Waals surface area contributed by atoms with Crippen LogP contribution in [0.15, 0.2) is 24.5 Å². The second kappa shape index (κ2) is 11.1. The molecule has 3 amide bonds. The normalized spacial score (nSPS) is 11.5. The highest BCUT2D eigenvalue weighted by Gasteiger charge is 2.17. The Morgan fingerprint density at radius 2 is 1.48 bits per heavy atom. The van der Waals surface area contributed by atoms with Crippen LogP contribution in [0.2, 0.25) is 0 Å². The zero-order chi connectivity index (χ0) is 24.8. The lowest BCUT2D eigenvalue weighted by Gasteiger charge is -2.10. The second-order valence-electron chi connectivity index (χ2n) is 8.24. The quantitative estimate of drug-likeness (QED) is 0.405. The van der Waals surface area contributed by atoms with E-state index in [4.69, 9.17) is 0 Å². The molecule has 0 unspecified atom stereocenters. The van der Waals surface area contributed by atoms with Gasteiger partial charge in [0.1, 0.15) is 21.2 Å². The Hall–Kier alpha value is -3.12. The van der Waals surface area contributed by atoms with Gasteiger partial charge in [0.05, 0.1) is 17.1 Å². The predicted molar refractivity (Wildman–Crippen MR) is 127 cm³/mol. The predicted octanol–water partition coefficient (Wildman–Crippen LogP) is 0.671. The first-order chi connectivity index (χ1) is 15.4. The minimum Gasteiger partial charge on any atom is -0.351 e. The van der Waals surface area contributed by atoms with Crippen molar-refractivity contribution in [3.8, 4) is 0 Å². The van der Waals surface area contributed by atoms with Crippen LogP contribution >= 0.6 is 0 Å². The van der Waals surface area contributed by atoms with Gasteiger partial charge in [0, 0.05) is 45.7 Å². The van der Waals surface area contributed by atoms with E-state index in [1.165, 1.54) is 6.07 Å². The molecule has 3 N–H and O–H groups in total. The lowest BCUT2D eigenvalue weighted by Crippen LogP contribution is -2.28. The van der Waals surface area contributed by atoms with Gasteiger partial charge in [-0.2, -0.15) is 0 Å². The van der Waals surface area contributed by atoms with Crippen LogP contribution < -0.4 is 16.0 Å². The van der Waals surface area contributed by atoms with Crippen molar-refractivity contribution < 1.29 is 22.8 Å². The van der Waals surface area contributed by atoms with E-state index in [9.17, 15) is 22.8 Å². The van der Waals surface area contributed by atoms with E-state index >= 15 is 0 Å². The van der Waals surface area contributed by atoms with Crippen molar-refractivity contribution >= 4 is 38.9 Å². The second-order valence-corrected chi connectivity index (χ2v) is 10.5. The summed E-state index contributed by atoms with van der Waals surface area (Å²) in [6.45, 7) is 1.41. The molecule has 0 saturated heterocycles. The number of aryl methyl sites for hydroxylation is 2. The smallest absolute Gasteiger partial charge is 0.272 e. The fraction of sp³-hybridized carbons (Fsp3) is 0.476. The highest BCUT2D eigenvalue weighted by Crippen LogP contribution is 2.17. The molecule has 2 aromatic rings. The number of nitrogens with zero attached hydrogens (tertiary/aromatic N) is 3. The number of anilines is 2. The van der Waals surface area contributed by atoms with Crippen molar-refractivity contribution in [1.29, 1.82) is 0 Å². The largest absolute Gasteiger partial charge is 0.351 e. The Kier molecular flexibility index (Phi) is 8.83. The Balaban J connectivity index is 1.98. The summed E-state index contributed by atoms with van der Waals surface area (Å²) in [6, 6.07) is 3.09. The first-order valence-corrected chi connectivity index (χ1v) is 12.5. The van der Waals surface area contributed by atoms with E-state index in [0.717, 1.165) is 19.2 Å². The van der Waals surface area contributed by atoms with Crippen LogP contribution in [0.25, 0.3) is 0 Å². The van der Waals surface area contributed by atoms with Crippen molar-refractivity contribution in [1.82, 2.24) is 19.4 Å². The molecule has 2 aromatic heterocycles. The Labute approximate surface area is 194 Å². The van der Waals surface area contributed by atoms with Gasteiger partial charge in [0.25, 0.3) is 11.8 Å². The van der Waals surface area contributed by atoms with E-state index in [1.54, 1.807) is 41.7 Å². The SMILES string of the molecule is CN(C)CCCNC(=O)c1cc(NC(=O)c2cc(NC(=O)CCS(C)(=O)=O)cn2C)cn1C. The molecule has 33 heavy (non-hydrogen) atoms. The monoisotopic (exact) mass is 480 g/mol. The average Bonchev–Trinajstić information content (AvgIpc) is 3.24. The van der Waals surface area contributed by atoms with Crippen LogP contribution in [0.5, 0.6) is 0 Å².